The summed E-state index contributed by atoms with van der Waals surface area (Å²) < 4.78 is 5.37. The lowest BCUT2D eigenvalue weighted by Gasteiger charge is -2.27. The van der Waals surface area contributed by atoms with E-state index in [9.17, 15) is 9.59 Å². The van der Waals surface area contributed by atoms with Gasteiger partial charge in [0.2, 0.25) is 6.41 Å². The van der Waals surface area contributed by atoms with E-state index in [1.165, 1.54) is 24.1 Å². The fourth-order valence-electron chi connectivity index (χ4n) is 5.53. The summed E-state index contributed by atoms with van der Waals surface area (Å²) in [5, 5.41) is 21.5. The van der Waals surface area contributed by atoms with E-state index < -0.39 is 0 Å². The van der Waals surface area contributed by atoms with E-state index in [1.807, 2.05) is 23.2 Å². The Kier molecular flexibility index (Phi) is 7.07. The monoisotopic (exact) mass is 533 g/mol. The summed E-state index contributed by atoms with van der Waals surface area (Å²) in [7, 11) is 0. The standard InChI is InChI=1S/C27H31N7O3S/c28-23-21-18(5-4-6-19(21)27(36)32-34-11-13-37-14-12-34)24-22(23)25(31-30-24)26-20(29-16-35)15-17(38-26)7-10-33-8-2-1-3-9-33/h4-6,15-16,28H,1-3,7-14H2,(H,29,35)(H,30,31)(H,32,36). The number of fused-ring (bicyclic) bond motifs is 3. The zero-order chi connectivity index (χ0) is 26.1. The summed E-state index contributed by atoms with van der Waals surface area (Å²) in [5.74, 6) is -0.247. The average molecular weight is 534 g/mol. The Labute approximate surface area is 224 Å². The van der Waals surface area contributed by atoms with Crippen LogP contribution in [0, 0.1) is 5.41 Å². The fraction of sp³-hybridized carbons (Fsp3) is 0.407. The molecular formula is C27H31N7O3S. The molecule has 4 heterocycles. The number of piperidine rings is 1. The maximum absolute atomic E-state index is 13.2. The summed E-state index contributed by atoms with van der Waals surface area (Å²) in [6.07, 6.45) is 5.40. The smallest absolute Gasteiger partial charge is 0.266 e. The highest BCUT2D eigenvalue weighted by Gasteiger charge is 2.35. The number of morpholine rings is 1. The van der Waals surface area contributed by atoms with Crippen molar-refractivity contribution in [3.05, 3.63) is 45.8 Å². The van der Waals surface area contributed by atoms with Crippen molar-refractivity contribution in [2.75, 3.05) is 51.3 Å². The van der Waals surface area contributed by atoms with Gasteiger partial charge in [0, 0.05) is 35.6 Å². The summed E-state index contributed by atoms with van der Waals surface area (Å²) in [6, 6.07) is 7.50. The van der Waals surface area contributed by atoms with Crippen LogP contribution in [0.1, 0.15) is 45.6 Å². The van der Waals surface area contributed by atoms with Crippen molar-refractivity contribution in [1.82, 2.24) is 25.5 Å². The van der Waals surface area contributed by atoms with Gasteiger partial charge in [-0.05, 0) is 44.5 Å². The number of benzene rings is 1. The number of anilines is 1. The number of nitrogens with zero attached hydrogens (tertiary/aromatic N) is 3. The zero-order valence-corrected chi connectivity index (χ0v) is 22.0. The second-order valence-electron chi connectivity index (χ2n) is 9.84. The molecule has 4 N–H and O–H groups in total. The van der Waals surface area contributed by atoms with Crippen LogP contribution in [0.4, 0.5) is 5.69 Å². The number of H-pyrrole nitrogens is 1. The average Bonchev–Trinajstić information content (AvgIpc) is 3.63. The quantitative estimate of drug-likeness (QED) is 0.258. The number of thiophene rings is 1. The molecule has 6 rings (SSSR count). The number of hydrazine groups is 1. The van der Waals surface area contributed by atoms with Gasteiger partial charge in [-0.15, -0.1) is 11.3 Å². The minimum absolute atomic E-state index is 0.247. The molecule has 11 heteroatoms. The molecule has 1 aromatic carbocycles. The lowest BCUT2D eigenvalue weighted by atomic mass is 10.00. The summed E-state index contributed by atoms with van der Waals surface area (Å²) in [4.78, 5) is 29.2. The zero-order valence-electron chi connectivity index (χ0n) is 21.1. The second kappa shape index (κ2) is 10.8. The number of ether oxygens (including phenoxy) is 1. The van der Waals surface area contributed by atoms with Crippen LogP contribution in [0.25, 0.3) is 21.8 Å². The van der Waals surface area contributed by atoms with Crippen LogP contribution in [-0.2, 0) is 16.0 Å². The molecule has 38 heavy (non-hydrogen) atoms. The van der Waals surface area contributed by atoms with E-state index in [1.54, 1.807) is 17.4 Å². The minimum atomic E-state index is -0.247. The summed E-state index contributed by atoms with van der Waals surface area (Å²) >= 11 is 1.61. The first-order valence-corrected chi connectivity index (χ1v) is 14.0. The van der Waals surface area contributed by atoms with Crippen molar-refractivity contribution >= 4 is 35.1 Å². The lowest BCUT2D eigenvalue weighted by Crippen LogP contribution is -2.48. The third kappa shape index (κ3) is 4.66. The van der Waals surface area contributed by atoms with Gasteiger partial charge in [0.05, 0.1) is 46.3 Å². The third-order valence-electron chi connectivity index (χ3n) is 7.45. The molecule has 2 aliphatic heterocycles. The first kappa shape index (κ1) is 24.9. The van der Waals surface area contributed by atoms with Crippen LogP contribution in [0.2, 0.25) is 0 Å². The first-order valence-electron chi connectivity index (χ1n) is 13.1. The molecule has 3 aromatic rings. The molecule has 0 unspecified atom stereocenters. The van der Waals surface area contributed by atoms with Crippen LogP contribution in [0.15, 0.2) is 24.3 Å². The minimum Gasteiger partial charge on any atom is -0.379 e. The van der Waals surface area contributed by atoms with Gasteiger partial charge in [-0.25, -0.2) is 5.01 Å². The van der Waals surface area contributed by atoms with Crippen molar-refractivity contribution in [2.45, 2.75) is 25.7 Å². The molecule has 0 spiro atoms. The highest BCUT2D eigenvalue weighted by molar-refractivity contribution is 7.16. The molecule has 2 amide bonds. The van der Waals surface area contributed by atoms with Crippen molar-refractivity contribution < 1.29 is 14.3 Å². The number of hydrogen-bond acceptors (Lipinski definition) is 8. The van der Waals surface area contributed by atoms with E-state index in [2.05, 4.69) is 25.8 Å². The first-order chi connectivity index (χ1) is 18.6. The number of hydrogen-bond donors (Lipinski definition) is 4. The van der Waals surface area contributed by atoms with E-state index in [0.717, 1.165) is 36.5 Å². The van der Waals surface area contributed by atoms with Crippen LogP contribution >= 0.6 is 11.3 Å². The maximum Gasteiger partial charge on any atom is 0.266 e. The molecule has 0 atom stereocenters. The number of amides is 2. The highest BCUT2D eigenvalue weighted by atomic mass is 32.1. The molecule has 2 saturated heterocycles. The van der Waals surface area contributed by atoms with Gasteiger partial charge < -0.3 is 15.0 Å². The van der Waals surface area contributed by atoms with Crippen LogP contribution in [0.5, 0.6) is 0 Å². The van der Waals surface area contributed by atoms with Crippen molar-refractivity contribution in [3.8, 4) is 21.8 Å². The maximum atomic E-state index is 13.2. The Hall–Kier alpha value is -3.38. The Morgan fingerprint density at radius 1 is 1.16 bits per heavy atom. The molecule has 2 fully saturated rings. The molecule has 0 saturated carbocycles. The highest BCUT2D eigenvalue weighted by Crippen LogP contribution is 2.45. The second-order valence-corrected chi connectivity index (χ2v) is 11.0. The predicted molar refractivity (Wildman–Crippen MR) is 147 cm³/mol. The molecule has 2 aromatic heterocycles. The number of carbonyl (C=O) groups excluding carboxylic acids is 2. The normalized spacial score (nSPS) is 17.7. The number of carbonyl (C=O) groups is 2. The van der Waals surface area contributed by atoms with Gasteiger partial charge in [0.25, 0.3) is 5.91 Å². The number of nitrogens with one attached hydrogen (secondary N) is 4. The van der Waals surface area contributed by atoms with Gasteiger partial charge in [-0.3, -0.25) is 25.5 Å². The summed E-state index contributed by atoms with van der Waals surface area (Å²) in [5.41, 5.74) is 7.72. The van der Waals surface area contributed by atoms with Gasteiger partial charge >= 0.3 is 0 Å². The molecule has 10 nitrogen and oxygen atoms in total. The topological polar surface area (TPSA) is 126 Å². The largest absolute Gasteiger partial charge is 0.379 e. The van der Waals surface area contributed by atoms with Crippen LogP contribution in [0.3, 0.4) is 0 Å². The van der Waals surface area contributed by atoms with E-state index >= 15 is 0 Å². The number of rotatable bonds is 8. The molecule has 1 aliphatic carbocycles. The number of aromatic nitrogens is 2. The third-order valence-corrected chi connectivity index (χ3v) is 8.66. The van der Waals surface area contributed by atoms with Crippen molar-refractivity contribution in [1.29, 1.82) is 5.41 Å². The predicted octanol–water partition coefficient (Wildman–Crippen LogP) is 3.11. The van der Waals surface area contributed by atoms with Crippen LogP contribution < -0.4 is 10.7 Å². The Morgan fingerprint density at radius 2 is 1.97 bits per heavy atom. The van der Waals surface area contributed by atoms with E-state index in [-0.39, 0.29) is 11.6 Å². The van der Waals surface area contributed by atoms with E-state index in [4.69, 9.17) is 10.1 Å². The molecular weight excluding hydrogens is 502 g/mol. The number of likely N-dealkylation sites (tertiary alicyclic amines) is 1. The fourth-order valence-corrected chi connectivity index (χ4v) is 6.64. The van der Waals surface area contributed by atoms with Gasteiger partial charge in [-0.1, -0.05) is 18.6 Å². The number of aromatic amines is 1. The van der Waals surface area contributed by atoms with Gasteiger partial charge in [-0.2, -0.15) is 5.10 Å². The molecule has 0 radical (unpaired) electrons. The molecule has 198 valence electrons. The van der Waals surface area contributed by atoms with Crippen molar-refractivity contribution in [2.24, 2.45) is 0 Å². The Bertz CT molecular complexity index is 1370. The van der Waals surface area contributed by atoms with Gasteiger partial charge in [0.1, 0.15) is 5.69 Å². The van der Waals surface area contributed by atoms with Crippen molar-refractivity contribution in [3.63, 3.8) is 0 Å². The molecule has 3 aliphatic rings. The van der Waals surface area contributed by atoms with Crippen LogP contribution in [-0.4, -0.2) is 84.1 Å². The Morgan fingerprint density at radius 3 is 2.76 bits per heavy atom. The lowest BCUT2D eigenvalue weighted by molar-refractivity contribution is -0.105. The SMILES string of the molecule is N=C1c2c(C(=O)NN3CCOCC3)cccc2-c2n[nH]c(-c3sc(CCN4CCCCC4)cc3NC=O)c21. The summed E-state index contributed by atoms with van der Waals surface area (Å²) in [6.45, 7) is 5.65. The van der Waals surface area contributed by atoms with Gasteiger partial charge in [0.15, 0.2) is 0 Å². The Balaban J connectivity index is 1.29. The van der Waals surface area contributed by atoms with E-state index in [0.29, 0.717) is 66.5 Å². The molecule has 0 bridgehead atoms.